The van der Waals surface area contributed by atoms with Crippen molar-refractivity contribution in [3.8, 4) is 11.3 Å². The van der Waals surface area contributed by atoms with Crippen LogP contribution in [0.4, 0.5) is 0 Å². The molecule has 1 atom stereocenters. The molecule has 140 valence electrons. The first-order chi connectivity index (χ1) is 13.1. The number of amides is 1. The highest BCUT2D eigenvalue weighted by molar-refractivity contribution is 5.98. The summed E-state index contributed by atoms with van der Waals surface area (Å²) in [7, 11) is 0. The van der Waals surface area contributed by atoms with Crippen LogP contribution in [0.25, 0.3) is 11.3 Å². The van der Waals surface area contributed by atoms with Gasteiger partial charge in [0.15, 0.2) is 23.7 Å². The van der Waals surface area contributed by atoms with E-state index >= 15 is 0 Å². The van der Waals surface area contributed by atoms with Gasteiger partial charge in [-0.15, -0.1) is 0 Å². The molecule has 0 aliphatic carbocycles. The van der Waals surface area contributed by atoms with Crippen LogP contribution in [0.5, 0.6) is 0 Å². The fourth-order valence-corrected chi connectivity index (χ4v) is 3.67. The minimum absolute atomic E-state index is 0.0768. The van der Waals surface area contributed by atoms with Gasteiger partial charge < -0.3 is 13.8 Å². The van der Waals surface area contributed by atoms with E-state index in [-0.39, 0.29) is 11.9 Å². The topological polar surface area (TPSA) is 85.3 Å². The van der Waals surface area contributed by atoms with Crippen LogP contribution < -0.4 is 0 Å². The molecule has 3 aromatic rings. The zero-order valence-electron chi connectivity index (χ0n) is 15.5. The molecule has 1 aromatic carbocycles. The Labute approximate surface area is 157 Å². The Bertz CT molecular complexity index is 946. The molecule has 27 heavy (non-hydrogen) atoms. The highest BCUT2D eigenvalue weighted by atomic mass is 16.5. The van der Waals surface area contributed by atoms with Crippen LogP contribution in [0.15, 0.2) is 39.6 Å². The first-order valence-electron chi connectivity index (χ1n) is 9.22. The summed E-state index contributed by atoms with van der Waals surface area (Å²) >= 11 is 0. The minimum Gasteiger partial charge on any atom is -0.443 e. The van der Waals surface area contributed by atoms with Gasteiger partial charge in [0.05, 0.1) is 0 Å². The van der Waals surface area contributed by atoms with Crippen LogP contribution in [0.2, 0.25) is 0 Å². The molecule has 1 unspecified atom stereocenters. The number of nitrogens with zero attached hydrogens (tertiary/aromatic N) is 4. The maximum Gasteiger partial charge on any atom is 0.276 e. The van der Waals surface area contributed by atoms with Gasteiger partial charge in [0.2, 0.25) is 5.89 Å². The number of hydrogen-bond donors (Lipinski definition) is 0. The quantitative estimate of drug-likeness (QED) is 0.686. The van der Waals surface area contributed by atoms with Crippen molar-refractivity contribution in [2.24, 2.45) is 0 Å². The second-order valence-corrected chi connectivity index (χ2v) is 6.96. The Kier molecular flexibility index (Phi) is 4.75. The first-order valence-corrected chi connectivity index (χ1v) is 9.22. The fraction of sp³-hybridized carbons (Fsp3) is 0.400. The third kappa shape index (κ3) is 3.63. The Morgan fingerprint density at radius 3 is 3.00 bits per heavy atom. The van der Waals surface area contributed by atoms with Gasteiger partial charge in [0, 0.05) is 31.5 Å². The van der Waals surface area contributed by atoms with Gasteiger partial charge in [-0.2, -0.15) is 4.98 Å². The van der Waals surface area contributed by atoms with E-state index in [2.05, 4.69) is 15.1 Å². The predicted octanol–water partition coefficient (Wildman–Crippen LogP) is 3.58. The number of aromatic nitrogens is 3. The molecular formula is C20H22N4O3. The molecule has 0 bridgehead atoms. The molecule has 0 N–H and O–H groups in total. The highest BCUT2D eigenvalue weighted by Gasteiger charge is 2.32. The number of benzene rings is 1. The fourth-order valence-electron chi connectivity index (χ4n) is 3.67. The second kappa shape index (κ2) is 7.34. The lowest BCUT2D eigenvalue weighted by Crippen LogP contribution is -2.36. The standard InChI is InChI=1S/C20H22N4O3/c1-13-5-3-6-15(11-13)19-18(21-12-26-19)20(25)24-10-4-7-16(24)8-9-17-22-14(2)27-23-17/h3,5-6,11-12,16H,4,7-10H2,1-2H3. The molecule has 0 radical (unpaired) electrons. The maximum atomic E-state index is 13.2. The number of hydrogen-bond acceptors (Lipinski definition) is 6. The average Bonchev–Trinajstić information content (AvgIpc) is 3.40. The molecule has 0 saturated carbocycles. The van der Waals surface area contributed by atoms with Gasteiger partial charge in [-0.05, 0) is 32.3 Å². The molecule has 4 rings (SSSR count). The van der Waals surface area contributed by atoms with Gasteiger partial charge in [-0.25, -0.2) is 4.98 Å². The normalized spacial score (nSPS) is 16.8. The van der Waals surface area contributed by atoms with Gasteiger partial charge in [0.25, 0.3) is 5.91 Å². The third-order valence-corrected chi connectivity index (χ3v) is 4.96. The molecule has 0 spiro atoms. The van der Waals surface area contributed by atoms with E-state index in [1.165, 1.54) is 6.39 Å². The molecule has 3 heterocycles. The molecule has 1 amide bonds. The Morgan fingerprint density at radius 2 is 2.22 bits per heavy atom. The number of oxazole rings is 1. The molecule has 1 saturated heterocycles. The summed E-state index contributed by atoms with van der Waals surface area (Å²) < 4.78 is 10.6. The maximum absolute atomic E-state index is 13.2. The summed E-state index contributed by atoms with van der Waals surface area (Å²) in [5, 5.41) is 3.94. The van der Waals surface area contributed by atoms with Crippen LogP contribution in [0.1, 0.15) is 47.0 Å². The van der Waals surface area contributed by atoms with Crippen LogP contribution in [0.3, 0.4) is 0 Å². The van der Waals surface area contributed by atoms with Gasteiger partial charge >= 0.3 is 0 Å². The van der Waals surface area contributed by atoms with Gasteiger partial charge in [-0.1, -0.05) is 28.9 Å². The second-order valence-electron chi connectivity index (χ2n) is 6.96. The summed E-state index contributed by atoms with van der Waals surface area (Å²) in [5.74, 6) is 1.71. The lowest BCUT2D eigenvalue weighted by atomic mass is 10.1. The van der Waals surface area contributed by atoms with E-state index < -0.39 is 0 Å². The number of carbonyl (C=O) groups is 1. The minimum atomic E-state index is -0.0768. The van der Waals surface area contributed by atoms with Crippen molar-refractivity contribution in [2.45, 2.75) is 45.6 Å². The van der Waals surface area contributed by atoms with Crippen LogP contribution >= 0.6 is 0 Å². The Balaban J connectivity index is 1.51. The van der Waals surface area contributed by atoms with Gasteiger partial charge in [0.1, 0.15) is 0 Å². The van der Waals surface area contributed by atoms with Crippen molar-refractivity contribution < 1.29 is 13.7 Å². The van der Waals surface area contributed by atoms with Crippen LogP contribution in [0, 0.1) is 13.8 Å². The first kappa shape index (κ1) is 17.5. The lowest BCUT2D eigenvalue weighted by Gasteiger charge is -2.23. The Hall–Kier alpha value is -2.96. The molecule has 1 fully saturated rings. The predicted molar refractivity (Wildman–Crippen MR) is 98.1 cm³/mol. The summed E-state index contributed by atoms with van der Waals surface area (Å²) in [6.45, 7) is 4.52. The molecule has 7 nitrogen and oxygen atoms in total. The van der Waals surface area contributed by atoms with Crippen molar-refractivity contribution in [2.75, 3.05) is 6.54 Å². The SMILES string of the molecule is Cc1cccc(-c2ocnc2C(=O)N2CCCC2CCc2noc(C)n2)c1. The largest absolute Gasteiger partial charge is 0.443 e. The summed E-state index contributed by atoms with van der Waals surface area (Å²) in [4.78, 5) is 23.5. The molecule has 2 aromatic heterocycles. The Morgan fingerprint density at radius 1 is 1.33 bits per heavy atom. The van der Waals surface area contributed by atoms with Crippen molar-refractivity contribution >= 4 is 5.91 Å². The van der Waals surface area contributed by atoms with E-state index in [0.29, 0.717) is 29.6 Å². The van der Waals surface area contributed by atoms with Crippen molar-refractivity contribution in [1.82, 2.24) is 20.0 Å². The molecule has 7 heteroatoms. The lowest BCUT2D eigenvalue weighted by molar-refractivity contribution is 0.0725. The van der Waals surface area contributed by atoms with Crippen LogP contribution in [-0.4, -0.2) is 38.5 Å². The number of carbonyl (C=O) groups excluding carboxylic acids is 1. The smallest absolute Gasteiger partial charge is 0.276 e. The highest BCUT2D eigenvalue weighted by Crippen LogP contribution is 2.28. The average molecular weight is 366 g/mol. The van der Waals surface area contributed by atoms with Crippen molar-refractivity contribution in [1.29, 1.82) is 0 Å². The summed E-state index contributed by atoms with van der Waals surface area (Å²) in [5.41, 5.74) is 2.36. The number of likely N-dealkylation sites (tertiary alicyclic amines) is 1. The van der Waals surface area contributed by atoms with E-state index in [1.54, 1.807) is 6.92 Å². The summed E-state index contributed by atoms with van der Waals surface area (Å²) in [6, 6.07) is 8.05. The van der Waals surface area contributed by atoms with E-state index in [4.69, 9.17) is 8.94 Å². The molecule has 1 aliphatic heterocycles. The van der Waals surface area contributed by atoms with Crippen molar-refractivity contribution in [3.05, 3.63) is 53.6 Å². The number of aryl methyl sites for hydroxylation is 3. The monoisotopic (exact) mass is 366 g/mol. The summed E-state index contributed by atoms with van der Waals surface area (Å²) in [6.07, 6.45) is 4.80. The van der Waals surface area contributed by atoms with Crippen LogP contribution in [-0.2, 0) is 6.42 Å². The van der Waals surface area contributed by atoms with Gasteiger partial charge in [-0.3, -0.25) is 4.79 Å². The van der Waals surface area contributed by atoms with E-state index in [0.717, 1.165) is 36.9 Å². The third-order valence-electron chi connectivity index (χ3n) is 4.96. The number of rotatable bonds is 5. The molecular weight excluding hydrogens is 344 g/mol. The molecule has 1 aliphatic rings. The zero-order chi connectivity index (χ0) is 18.8. The van der Waals surface area contributed by atoms with E-state index in [9.17, 15) is 4.79 Å². The van der Waals surface area contributed by atoms with Crippen molar-refractivity contribution in [3.63, 3.8) is 0 Å². The van der Waals surface area contributed by atoms with E-state index in [1.807, 2.05) is 36.1 Å². The zero-order valence-corrected chi connectivity index (χ0v) is 15.5.